The molecule has 0 aliphatic rings. The summed E-state index contributed by atoms with van der Waals surface area (Å²) in [6.07, 6.45) is 4.51. The lowest BCUT2D eigenvalue weighted by atomic mass is 10.2. The van der Waals surface area contributed by atoms with Crippen molar-refractivity contribution in [1.29, 1.82) is 0 Å². The maximum atomic E-state index is 8.59. The number of unbranched alkanes of at least 4 members (excludes halogenated alkanes) is 3. The Balaban J connectivity index is 3.14. The highest BCUT2D eigenvalue weighted by atomic mass is 16.5. The first-order chi connectivity index (χ1) is 7.35. The maximum Gasteiger partial charge on any atom is 0.0928 e. The van der Waals surface area contributed by atoms with Crippen molar-refractivity contribution in [2.45, 2.75) is 31.8 Å². The molecular weight excluding hydrogens is 194 g/mol. The standard InChI is InChI=1S/C11H25NO3/c1-14-10-11(15-2)9-12-7-5-3-4-6-8-13/h11-13H,3-10H2,1-2H3. The summed E-state index contributed by atoms with van der Waals surface area (Å²) in [5.74, 6) is 0. The van der Waals surface area contributed by atoms with Crippen LogP contribution in [0.15, 0.2) is 0 Å². The Morgan fingerprint density at radius 3 is 2.47 bits per heavy atom. The van der Waals surface area contributed by atoms with Gasteiger partial charge < -0.3 is 19.9 Å². The minimum absolute atomic E-state index is 0.146. The molecule has 4 heteroatoms. The Hall–Kier alpha value is -0.160. The van der Waals surface area contributed by atoms with Crippen LogP contribution >= 0.6 is 0 Å². The van der Waals surface area contributed by atoms with Gasteiger partial charge in [-0.15, -0.1) is 0 Å². The quantitative estimate of drug-likeness (QED) is 0.504. The first-order valence-corrected chi connectivity index (χ1v) is 5.68. The molecule has 0 rings (SSSR count). The van der Waals surface area contributed by atoms with Crippen molar-refractivity contribution in [2.75, 3.05) is 40.5 Å². The van der Waals surface area contributed by atoms with Gasteiger partial charge in [0.25, 0.3) is 0 Å². The summed E-state index contributed by atoms with van der Waals surface area (Å²) in [5.41, 5.74) is 0. The molecule has 0 saturated heterocycles. The number of ether oxygens (including phenoxy) is 2. The molecule has 0 aliphatic heterocycles. The predicted molar refractivity (Wildman–Crippen MR) is 61.1 cm³/mol. The summed E-state index contributed by atoms with van der Waals surface area (Å²) in [6.45, 7) is 2.79. The topological polar surface area (TPSA) is 50.7 Å². The van der Waals surface area contributed by atoms with Gasteiger partial charge in [-0.2, -0.15) is 0 Å². The molecule has 0 aliphatic carbocycles. The van der Waals surface area contributed by atoms with Gasteiger partial charge in [-0.1, -0.05) is 12.8 Å². The number of aliphatic hydroxyl groups excluding tert-OH is 1. The molecule has 0 amide bonds. The van der Waals surface area contributed by atoms with Crippen LogP contribution in [0.4, 0.5) is 0 Å². The average molecular weight is 219 g/mol. The molecule has 0 bridgehead atoms. The fourth-order valence-electron chi connectivity index (χ4n) is 1.37. The molecule has 15 heavy (non-hydrogen) atoms. The van der Waals surface area contributed by atoms with Crippen LogP contribution in [0.2, 0.25) is 0 Å². The third kappa shape index (κ3) is 10.1. The Morgan fingerprint density at radius 2 is 1.87 bits per heavy atom. The second-order valence-electron chi connectivity index (χ2n) is 3.65. The normalized spacial score (nSPS) is 13.0. The van der Waals surface area contributed by atoms with Crippen molar-refractivity contribution in [3.05, 3.63) is 0 Å². The summed E-state index contributed by atoms with van der Waals surface area (Å²) in [6, 6.07) is 0. The number of rotatable bonds is 11. The van der Waals surface area contributed by atoms with Crippen LogP contribution in [-0.4, -0.2) is 51.7 Å². The lowest BCUT2D eigenvalue weighted by Crippen LogP contribution is -2.32. The summed E-state index contributed by atoms with van der Waals surface area (Å²) in [5, 5.41) is 11.9. The lowest BCUT2D eigenvalue weighted by molar-refractivity contribution is 0.0290. The second-order valence-corrected chi connectivity index (χ2v) is 3.65. The van der Waals surface area contributed by atoms with Crippen LogP contribution in [0.3, 0.4) is 0 Å². The lowest BCUT2D eigenvalue weighted by Gasteiger charge is -2.14. The van der Waals surface area contributed by atoms with Crippen molar-refractivity contribution >= 4 is 0 Å². The molecule has 0 radical (unpaired) electrons. The Labute approximate surface area is 93.0 Å². The van der Waals surface area contributed by atoms with E-state index in [0.717, 1.165) is 32.4 Å². The van der Waals surface area contributed by atoms with Gasteiger partial charge in [-0.05, 0) is 19.4 Å². The van der Waals surface area contributed by atoms with E-state index in [-0.39, 0.29) is 6.10 Å². The molecular formula is C11H25NO3. The monoisotopic (exact) mass is 219 g/mol. The van der Waals surface area contributed by atoms with E-state index in [2.05, 4.69) is 5.32 Å². The Kier molecular flexibility index (Phi) is 11.8. The van der Waals surface area contributed by atoms with E-state index in [0.29, 0.717) is 13.2 Å². The van der Waals surface area contributed by atoms with E-state index in [1.807, 2.05) is 0 Å². The van der Waals surface area contributed by atoms with Gasteiger partial charge in [0.05, 0.1) is 12.7 Å². The van der Waals surface area contributed by atoms with Gasteiger partial charge in [0.15, 0.2) is 0 Å². The summed E-state index contributed by atoms with van der Waals surface area (Å²) in [7, 11) is 3.38. The van der Waals surface area contributed by atoms with E-state index in [1.54, 1.807) is 14.2 Å². The van der Waals surface area contributed by atoms with Crippen molar-refractivity contribution in [1.82, 2.24) is 5.32 Å². The largest absolute Gasteiger partial charge is 0.396 e. The smallest absolute Gasteiger partial charge is 0.0928 e. The van der Waals surface area contributed by atoms with Gasteiger partial charge in [0.1, 0.15) is 0 Å². The SMILES string of the molecule is COCC(CNCCCCCCO)OC. The summed E-state index contributed by atoms with van der Waals surface area (Å²) >= 11 is 0. The van der Waals surface area contributed by atoms with Gasteiger partial charge in [0.2, 0.25) is 0 Å². The molecule has 4 nitrogen and oxygen atoms in total. The van der Waals surface area contributed by atoms with E-state index < -0.39 is 0 Å². The number of hydrogen-bond donors (Lipinski definition) is 2. The van der Waals surface area contributed by atoms with Gasteiger partial charge >= 0.3 is 0 Å². The Morgan fingerprint density at radius 1 is 1.13 bits per heavy atom. The molecule has 0 fully saturated rings. The molecule has 0 spiro atoms. The maximum absolute atomic E-state index is 8.59. The summed E-state index contributed by atoms with van der Waals surface area (Å²) < 4.78 is 10.2. The zero-order valence-electron chi connectivity index (χ0n) is 10.00. The van der Waals surface area contributed by atoms with Crippen LogP contribution in [0.25, 0.3) is 0 Å². The van der Waals surface area contributed by atoms with Crippen molar-refractivity contribution in [3.63, 3.8) is 0 Å². The highest BCUT2D eigenvalue weighted by Crippen LogP contribution is 1.97. The molecule has 0 saturated carbocycles. The van der Waals surface area contributed by atoms with E-state index >= 15 is 0 Å². The highest BCUT2D eigenvalue weighted by Gasteiger charge is 2.04. The molecule has 0 aromatic carbocycles. The zero-order chi connectivity index (χ0) is 11.4. The van der Waals surface area contributed by atoms with Gasteiger partial charge in [-0.3, -0.25) is 0 Å². The zero-order valence-corrected chi connectivity index (χ0v) is 10.00. The molecule has 0 aromatic rings. The fraction of sp³-hybridized carbons (Fsp3) is 1.00. The third-order valence-corrected chi connectivity index (χ3v) is 2.32. The van der Waals surface area contributed by atoms with Gasteiger partial charge in [-0.25, -0.2) is 0 Å². The van der Waals surface area contributed by atoms with Crippen LogP contribution in [-0.2, 0) is 9.47 Å². The van der Waals surface area contributed by atoms with Crippen molar-refractivity contribution in [2.24, 2.45) is 0 Å². The fourth-order valence-corrected chi connectivity index (χ4v) is 1.37. The van der Waals surface area contributed by atoms with Crippen LogP contribution < -0.4 is 5.32 Å². The highest BCUT2D eigenvalue weighted by molar-refractivity contribution is 4.60. The van der Waals surface area contributed by atoms with E-state index in [9.17, 15) is 0 Å². The minimum atomic E-state index is 0.146. The number of hydrogen-bond acceptors (Lipinski definition) is 4. The van der Waals surface area contributed by atoms with E-state index in [1.165, 1.54) is 6.42 Å². The minimum Gasteiger partial charge on any atom is -0.396 e. The molecule has 2 N–H and O–H groups in total. The first-order valence-electron chi connectivity index (χ1n) is 5.68. The number of nitrogens with one attached hydrogen (secondary N) is 1. The number of aliphatic hydroxyl groups is 1. The average Bonchev–Trinajstić information content (AvgIpc) is 2.26. The molecule has 92 valence electrons. The Bertz CT molecular complexity index is 122. The summed E-state index contributed by atoms with van der Waals surface area (Å²) in [4.78, 5) is 0. The molecule has 0 aromatic heterocycles. The number of methoxy groups -OCH3 is 2. The van der Waals surface area contributed by atoms with E-state index in [4.69, 9.17) is 14.6 Å². The van der Waals surface area contributed by atoms with Crippen molar-refractivity contribution < 1.29 is 14.6 Å². The van der Waals surface area contributed by atoms with Crippen LogP contribution in [0.1, 0.15) is 25.7 Å². The molecule has 0 heterocycles. The van der Waals surface area contributed by atoms with Gasteiger partial charge in [0, 0.05) is 27.4 Å². The first kappa shape index (κ1) is 14.8. The third-order valence-electron chi connectivity index (χ3n) is 2.32. The molecule has 1 unspecified atom stereocenters. The van der Waals surface area contributed by atoms with Crippen LogP contribution in [0, 0.1) is 0 Å². The van der Waals surface area contributed by atoms with Crippen LogP contribution in [0.5, 0.6) is 0 Å². The van der Waals surface area contributed by atoms with Crippen molar-refractivity contribution in [3.8, 4) is 0 Å². The predicted octanol–water partition coefficient (Wildman–Crippen LogP) is 0.790. The molecule has 1 atom stereocenters. The second kappa shape index (κ2) is 11.9.